The van der Waals surface area contributed by atoms with E-state index in [1.54, 1.807) is 4.68 Å². The van der Waals surface area contributed by atoms with Crippen molar-refractivity contribution in [2.24, 2.45) is 7.05 Å². The highest BCUT2D eigenvalue weighted by Crippen LogP contribution is 2.24. The van der Waals surface area contributed by atoms with Crippen molar-refractivity contribution in [3.05, 3.63) is 16.4 Å². The van der Waals surface area contributed by atoms with Gasteiger partial charge in [0.1, 0.15) is 5.15 Å². The molecule has 3 saturated heterocycles. The quantitative estimate of drug-likeness (QED) is 0.879. The summed E-state index contributed by atoms with van der Waals surface area (Å²) in [5.74, 6) is 0. The maximum Gasteiger partial charge on any atom is 0.130 e. The van der Waals surface area contributed by atoms with Gasteiger partial charge in [-0.25, -0.2) is 0 Å². The molecule has 1 aromatic heterocycles. The number of hydrogen-bond acceptors (Lipinski definition) is 4. The van der Waals surface area contributed by atoms with Crippen molar-refractivity contribution in [3.8, 4) is 0 Å². The van der Waals surface area contributed by atoms with Crippen LogP contribution < -0.4 is 5.32 Å². The summed E-state index contributed by atoms with van der Waals surface area (Å²) in [5.41, 5.74) is 2.24. The van der Waals surface area contributed by atoms with Crippen LogP contribution in [-0.2, 0) is 13.5 Å². The molecule has 3 aliphatic heterocycles. The summed E-state index contributed by atoms with van der Waals surface area (Å²) in [4.78, 5) is 5.20. The molecule has 1 aromatic rings. The first-order chi connectivity index (χ1) is 9.60. The van der Waals surface area contributed by atoms with Gasteiger partial charge in [0.15, 0.2) is 0 Å². The second-order valence-electron chi connectivity index (χ2n) is 5.98. The Morgan fingerprint density at radius 2 is 2.05 bits per heavy atom. The van der Waals surface area contributed by atoms with Crippen LogP contribution in [0.25, 0.3) is 0 Å². The summed E-state index contributed by atoms with van der Waals surface area (Å²) in [7, 11) is 3.97. The Morgan fingerprint density at radius 3 is 2.50 bits per heavy atom. The molecule has 4 rings (SSSR count). The van der Waals surface area contributed by atoms with Gasteiger partial charge in [-0.3, -0.25) is 14.5 Å². The Morgan fingerprint density at radius 1 is 1.35 bits per heavy atom. The molecule has 5 nitrogen and oxygen atoms in total. The number of likely N-dealkylation sites (N-methyl/N-ethyl adjacent to an activating group) is 1. The van der Waals surface area contributed by atoms with Crippen LogP contribution in [0.3, 0.4) is 0 Å². The number of piperazine rings is 3. The number of aryl methyl sites for hydroxylation is 2. The van der Waals surface area contributed by atoms with Gasteiger partial charge in [0.2, 0.25) is 0 Å². The van der Waals surface area contributed by atoms with Crippen molar-refractivity contribution in [1.29, 1.82) is 0 Å². The fourth-order valence-electron chi connectivity index (χ4n) is 3.60. The van der Waals surface area contributed by atoms with Crippen LogP contribution in [0.15, 0.2) is 0 Å². The largest absolute Gasteiger partial charge is 0.315 e. The molecule has 2 unspecified atom stereocenters. The van der Waals surface area contributed by atoms with Crippen LogP contribution in [0, 0.1) is 6.92 Å². The lowest BCUT2D eigenvalue weighted by Crippen LogP contribution is -2.66. The topological polar surface area (TPSA) is 36.3 Å². The monoisotopic (exact) mass is 297 g/mol. The summed E-state index contributed by atoms with van der Waals surface area (Å²) in [5, 5.41) is 8.71. The zero-order valence-electron chi connectivity index (χ0n) is 12.6. The van der Waals surface area contributed by atoms with E-state index in [1.807, 2.05) is 14.0 Å². The van der Waals surface area contributed by atoms with E-state index in [0.717, 1.165) is 17.3 Å². The van der Waals surface area contributed by atoms with Crippen LogP contribution in [0.5, 0.6) is 0 Å². The maximum atomic E-state index is 6.38. The Hall–Kier alpha value is -0.620. The van der Waals surface area contributed by atoms with E-state index in [1.165, 1.54) is 38.3 Å². The molecule has 6 heteroatoms. The lowest BCUT2D eigenvalue weighted by atomic mass is 9.94. The van der Waals surface area contributed by atoms with E-state index in [0.29, 0.717) is 12.1 Å². The van der Waals surface area contributed by atoms with Gasteiger partial charge >= 0.3 is 0 Å². The molecule has 1 N–H and O–H groups in total. The minimum atomic E-state index is 0.429. The molecule has 0 saturated carbocycles. The minimum Gasteiger partial charge on any atom is -0.315 e. The van der Waals surface area contributed by atoms with E-state index < -0.39 is 0 Å². The van der Waals surface area contributed by atoms with Gasteiger partial charge < -0.3 is 5.32 Å². The first-order valence-electron chi connectivity index (χ1n) is 7.41. The highest BCUT2D eigenvalue weighted by Gasteiger charge is 2.36. The highest BCUT2D eigenvalue weighted by atomic mass is 35.5. The number of nitrogens with one attached hydrogen (secondary N) is 1. The molecule has 4 heterocycles. The Balaban J connectivity index is 1.77. The average molecular weight is 298 g/mol. The van der Waals surface area contributed by atoms with Gasteiger partial charge in [0.05, 0.1) is 5.69 Å². The molecule has 0 radical (unpaired) electrons. The number of nitrogens with zero attached hydrogens (tertiary/aromatic N) is 4. The average Bonchev–Trinajstić information content (AvgIpc) is 2.71. The van der Waals surface area contributed by atoms with Gasteiger partial charge in [-0.2, -0.15) is 5.10 Å². The van der Waals surface area contributed by atoms with Crippen molar-refractivity contribution >= 4 is 11.6 Å². The number of aromatic nitrogens is 2. The first-order valence-corrected chi connectivity index (χ1v) is 7.79. The van der Waals surface area contributed by atoms with Gasteiger partial charge in [0.25, 0.3) is 0 Å². The van der Waals surface area contributed by atoms with E-state index in [-0.39, 0.29) is 0 Å². The number of fused-ring (bicyclic) bond motifs is 3. The molecule has 0 spiro atoms. The lowest BCUT2D eigenvalue weighted by molar-refractivity contribution is -0.00203. The molecule has 3 aliphatic rings. The van der Waals surface area contributed by atoms with Crippen LogP contribution in [0.1, 0.15) is 11.3 Å². The molecular weight excluding hydrogens is 274 g/mol. The second kappa shape index (κ2) is 5.64. The second-order valence-corrected chi connectivity index (χ2v) is 6.34. The molecule has 3 fully saturated rings. The van der Waals surface area contributed by atoms with Crippen LogP contribution in [0.2, 0.25) is 5.15 Å². The molecule has 0 aromatic carbocycles. The summed E-state index contributed by atoms with van der Waals surface area (Å²) in [6, 6.07) is 1.01. The van der Waals surface area contributed by atoms with Crippen LogP contribution in [0.4, 0.5) is 0 Å². The molecule has 2 atom stereocenters. The third-order valence-electron chi connectivity index (χ3n) is 4.85. The fraction of sp³-hybridized carbons (Fsp3) is 0.786. The van der Waals surface area contributed by atoms with Gasteiger partial charge in [0, 0.05) is 57.4 Å². The lowest BCUT2D eigenvalue weighted by Gasteiger charge is -2.50. The van der Waals surface area contributed by atoms with E-state index in [2.05, 4.69) is 27.3 Å². The summed E-state index contributed by atoms with van der Waals surface area (Å²) in [6.07, 6.45) is 0.948. The summed E-state index contributed by atoms with van der Waals surface area (Å²) < 4.78 is 1.77. The van der Waals surface area contributed by atoms with Crippen LogP contribution >= 0.6 is 11.6 Å². The third kappa shape index (κ3) is 2.48. The third-order valence-corrected chi connectivity index (χ3v) is 5.32. The van der Waals surface area contributed by atoms with Gasteiger partial charge in [-0.15, -0.1) is 0 Å². The SMILES string of the molecule is CNC(Cc1c(C)nn(C)c1Cl)C1CN2CCN1CC2. The predicted octanol–water partition coefficient (Wildman–Crippen LogP) is 0.512. The Labute approximate surface area is 125 Å². The van der Waals surface area contributed by atoms with Crippen molar-refractivity contribution in [3.63, 3.8) is 0 Å². The molecule has 2 bridgehead atoms. The zero-order valence-corrected chi connectivity index (χ0v) is 13.3. The van der Waals surface area contributed by atoms with Crippen molar-refractivity contribution < 1.29 is 0 Å². The smallest absolute Gasteiger partial charge is 0.130 e. The zero-order chi connectivity index (χ0) is 14.3. The van der Waals surface area contributed by atoms with Crippen LogP contribution in [-0.4, -0.2) is 71.4 Å². The van der Waals surface area contributed by atoms with Crippen molar-refractivity contribution in [2.45, 2.75) is 25.4 Å². The van der Waals surface area contributed by atoms with Crippen molar-refractivity contribution in [1.82, 2.24) is 24.9 Å². The maximum absolute atomic E-state index is 6.38. The first kappa shape index (κ1) is 14.3. The number of rotatable bonds is 4. The Kier molecular flexibility index (Phi) is 4.04. The van der Waals surface area contributed by atoms with E-state index in [9.17, 15) is 0 Å². The van der Waals surface area contributed by atoms with Crippen molar-refractivity contribution in [2.75, 3.05) is 39.8 Å². The number of hydrogen-bond donors (Lipinski definition) is 1. The predicted molar refractivity (Wildman–Crippen MR) is 81.3 cm³/mol. The molecular formula is C14H24ClN5. The highest BCUT2D eigenvalue weighted by molar-refractivity contribution is 6.30. The normalized spacial score (nSPS) is 30.7. The Bertz CT molecular complexity index is 478. The minimum absolute atomic E-state index is 0.429. The standard InChI is InChI=1S/C14H24ClN5/c1-10-11(14(15)18(3)17-10)8-12(16-2)13-9-19-4-6-20(13)7-5-19/h12-13,16H,4-9H2,1-3H3. The molecule has 0 amide bonds. The summed E-state index contributed by atoms with van der Waals surface area (Å²) >= 11 is 6.38. The fourth-order valence-corrected chi connectivity index (χ4v) is 3.85. The number of halogens is 1. The van der Waals surface area contributed by atoms with E-state index >= 15 is 0 Å². The molecule has 20 heavy (non-hydrogen) atoms. The van der Waals surface area contributed by atoms with Gasteiger partial charge in [-0.1, -0.05) is 11.6 Å². The van der Waals surface area contributed by atoms with Gasteiger partial charge in [-0.05, 0) is 20.4 Å². The molecule has 0 aliphatic carbocycles. The van der Waals surface area contributed by atoms with E-state index in [4.69, 9.17) is 11.6 Å². The summed E-state index contributed by atoms with van der Waals surface area (Å²) in [6.45, 7) is 8.05. The molecule has 112 valence electrons.